The molecule has 0 amide bonds. The Hall–Kier alpha value is -1.20. The van der Waals surface area contributed by atoms with E-state index in [1.54, 1.807) is 11.3 Å². The third-order valence-corrected chi connectivity index (χ3v) is 4.18. The second-order valence-corrected chi connectivity index (χ2v) is 6.83. The fourth-order valence-electron chi connectivity index (χ4n) is 2.10. The van der Waals surface area contributed by atoms with Crippen molar-refractivity contribution < 1.29 is 0 Å². The van der Waals surface area contributed by atoms with E-state index in [2.05, 4.69) is 37.3 Å². The summed E-state index contributed by atoms with van der Waals surface area (Å²) in [6.45, 7) is 9.09. The maximum Gasteiger partial charge on any atom is 0.103 e. The fourth-order valence-corrected chi connectivity index (χ4v) is 3.27. The maximum atomic E-state index is 5.96. The van der Waals surface area contributed by atoms with E-state index in [1.165, 1.54) is 0 Å². The molecule has 2 heterocycles. The Morgan fingerprint density at radius 2 is 2.11 bits per heavy atom. The van der Waals surface area contributed by atoms with Gasteiger partial charge in [-0.15, -0.1) is 11.3 Å². The minimum Gasteiger partial charge on any atom is -0.329 e. The molecule has 0 saturated carbocycles. The molecule has 1 atom stereocenters. The van der Waals surface area contributed by atoms with Gasteiger partial charge in [-0.3, -0.25) is 4.68 Å². The number of nitrogens with two attached hydrogens (primary N) is 1. The molecule has 0 radical (unpaired) electrons. The van der Waals surface area contributed by atoms with Crippen LogP contribution in [0.4, 0.5) is 0 Å². The molecule has 2 aromatic heterocycles. The van der Waals surface area contributed by atoms with Crippen LogP contribution in [0.2, 0.25) is 0 Å². The van der Waals surface area contributed by atoms with Crippen LogP contribution < -0.4 is 5.73 Å². The molecule has 0 aliphatic heterocycles. The topological polar surface area (TPSA) is 56.7 Å². The highest BCUT2D eigenvalue weighted by Gasteiger charge is 2.23. The van der Waals surface area contributed by atoms with Gasteiger partial charge in [-0.25, -0.2) is 4.98 Å². The van der Waals surface area contributed by atoms with Crippen molar-refractivity contribution in [1.82, 2.24) is 14.8 Å². The number of aryl methyl sites for hydroxylation is 2. The van der Waals surface area contributed by atoms with Crippen molar-refractivity contribution in [3.05, 3.63) is 33.5 Å². The second kappa shape index (κ2) is 5.06. The first-order chi connectivity index (χ1) is 8.82. The molecule has 0 aliphatic carbocycles. The largest absolute Gasteiger partial charge is 0.329 e. The highest BCUT2D eigenvalue weighted by molar-refractivity contribution is 7.09. The van der Waals surface area contributed by atoms with Crippen LogP contribution in [0.3, 0.4) is 0 Å². The van der Waals surface area contributed by atoms with E-state index >= 15 is 0 Å². The standard InChI is InChI=1S/C14H22N4S/c1-9-6-11(18(5)17-9)10(7-15)13-16-12(8-19-13)14(2,3)4/h6,8,10H,7,15H2,1-5H3. The van der Waals surface area contributed by atoms with E-state index in [0.29, 0.717) is 6.54 Å². The molecule has 0 saturated heterocycles. The molecule has 5 heteroatoms. The number of aromatic nitrogens is 3. The maximum absolute atomic E-state index is 5.96. The van der Waals surface area contributed by atoms with Gasteiger partial charge >= 0.3 is 0 Å². The highest BCUT2D eigenvalue weighted by atomic mass is 32.1. The van der Waals surface area contributed by atoms with E-state index in [-0.39, 0.29) is 11.3 Å². The first kappa shape index (κ1) is 14.2. The lowest BCUT2D eigenvalue weighted by Crippen LogP contribution is -2.18. The van der Waals surface area contributed by atoms with Crippen LogP contribution in [0, 0.1) is 6.92 Å². The lowest BCUT2D eigenvalue weighted by atomic mass is 9.93. The first-order valence-corrected chi connectivity index (χ1v) is 7.37. The van der Waals surface area contributed by atoms with E-state index < -0.39 is 0 Å². The van der Waals surface area contributed by atoms with Crippen molar-refractivity contribution in [2.24, 2.45) is 12.8 Å². The smallest absolute Gasteiger partial charge is 0.103 e. The van der Waals surface area contributed by atoms with Crippen LogP contribution in [0.1, 0.15) is 48.8 Å². The molecule has 4 nitrogen and oxygen atoms in total. The number of rotatable bonds is 3. The molecule has 0 aromatic carbocycles. The van der Waals surface area contributed by atoms with Gasteiger partial charge in [-0.05, 0) is 13.0 Å². The number of hydrogen-bond donors (Lipinski definition) is 1. The lowest BCUT2D eigenvalue weighted by Gasteiger charge is -2.15. The minimum atomic E-state index is 0.0796. The Morgan fingerprint density at radius 1 is 1.42 bits per heavy atom. The van der Waals surface area contributed by atoms with Crippen LogP contribution in [-0.4, -0.2) is 21.3 Å². The summed E-state index contributed by atoms with van der Waals surface area (Å²) in [7, 11) is 1.96. The Kier molecular flexibility index (Phi) is 3.78. The third kappa shape index (κ3) is 2.87. The van der Waals surface area contributed by atoms with Crippen LogP contribution in [-0.2, 0) is 12.5 Å². The number of hydrogen-bond acceptors (Lipinski definition) is 4. The van der Waals surface area contributed by atoms with Crippen molar-refractivity contribution in [3.63, 3.8) is 0 Å². The van der Waals surface area contributed by atoms with Gasteiger partial charge in [0.1, 0.15) is 5.01 Å². The molecule has 2 N–H and O–H groups in total. The van der Waals surface area contributed by atoms with Gasteiger partial charge in [0.2, 0.25) is 0 Å². The average Bonchev–Trinajstić information content (AvgIpc) is 2.87. The monoisotopic (exact) mass is 278 g/mol. The van der Waals surface area contributed by atoms with Crippen molar-refractivity contribution in [1.29, 1.82) is 0 Å². The zero-order valence-electron chi connectivity index (χ0n) is 12.3. The number of nitrogens with zero attached hydrogens (tertiary/aromatic N) is 3. The molecule has 19 heavy (non-hydrogen) atoms. The molecule has 2 rings (SSSR count). The Balaban J connectivity index is 2.38. The molecule has 2 aromatic rings. The van der Waals surface area contributed by atoms with E-state index in [0.717, 1.165) is 22.1 Å². The van der Waals surface area contributed by atoms with Gasteiger partial charge in [-0.2, -0.15) is 5.10 Å². The average molecular weight is 278 g/mol. The van der Waals surface area contributed by atoms with E-state index in [1.807, 2.05) is 18.7 Å². The van der Waals surface area contributed by atoms with Crippen molar-refractivity contribution in [3.8, 4) is 0 Å². The fraction of sp³-hybridized carbons (Fsp3) is 0.571. The molecule has 0 spiro atoms. The Bertz CT molecular complexity index is 562. The summed E-state index contributed by atoms with van der Waals surface area (Å²) in [6.07, 6.45) is 0. The van der Waals surface area contributed by atoms with Crippen LogP contribution >= 0.6 is 11.3 Å². The molecular formula is C14H22N4S. The molecule has 104 valence electrons. The van der Waals surface area contributed by atoms with Gasteiger partial charge < -0.3 is 5.73 Å². The van der Waals surface area contributed by atoms with E-state index in [9.17, 15) is 0 Å². The van der Waals surface area contributed by atoms with Gasteiger partial charge in [0.05, 0.1) is 17.3 Å². The summed E-state index contributed by atoms with van der Waals surface area (Å²) >= 11 is 1.69. The summed E-state index contributed by atoms with van der Waals surface area (Å²) in [4.78, 5) is 4.78. The lowest BCUT2D eigenvalue weighted by molar-refractivity contribution is 0.567. The SMILES string of the molecule is Cc1cc(C(CN)c2nc(C(C)(C)C)cs2)n(C)n1. The van der Waals surface area contributed by atoms with Gasteiger partial charge in [0.25, 0.3) is 0 Å². The number of thiazole rings is 1. The zero-order valence-corrected chi connectivity index (χ0v) is 13.1. The molecule has 0 bridgehead atoms. The predicted molar refractivity (Wildman–Crippen MR) is 79.7 cm³/mol. The molecule has 1 unspecified atom stereocenters. The summed E-state index contributed by atoms with van der Waals surface area (Å²) in [5, 5.41) is 7.62. The van der Waals surface area contributed by atoms with E-state index in [4.69, 9.17) is 10.7 Å². The molecule has 0 aliphatic rings. The zero-order chi connectivity index (χ0) is 14.2. The third-order valence-electron chi connectivity index (χ3n) is 3.22. The van der Waals surface area contributed by atoms with Crippen molar-refractivity contribution in [2.45, 2.75) is 39.0 Å². The van der Waals surface area contributed by atoms with Crippen LogP contribution in [0.25, 0.3) is 0 Å². The first-order valence-electron chi connectivity index (χ1n) is 6.49. The van der Waals surface area contributed by atoms with Crippen molar-refractivity contribution in [2.75, 3.05) is 6.54 Å². The Morgan fingerprint density at radius 3 is 2.53 bits per heavy atom. The predicted octanol–water partition coefficient (Wildman–Crippen LogP) is 2.57. The molecular weight excluding hydrogens is 256 g/mol. The quantitative estimate of drug-likeness (QED) is 0.939. The highest BCUT2D eigenvalue weighted by Crippen LogP contribution is 2.30. The minimum absolute atomic E-state index is 0.0796. The summed E-state index contributed by atoms with van der Waals surface area (Å²) in [6, 6.07) is 2.09. The summed E-state index contributed by atoms with van der Waals surface area (Å²) in [5.41, 5.74) is 9.32. The summed E-state index contributed by atoms with van der Waals surface area (Å²) in [5.74, 6) is 0.132. The van der Waals surface area contributed by atoms with Gasteiger partial charge in [0.15, 0.2) is 0 Å². The van der Waals surface area contributed by atoms with Crippen molar-refractivity contribution >= 4 is 11.3 Å². The van der Waals surface area contributed by atoms with Crippen LogP contribution in [0.5, 0.6) is 0 Å². The molecule has 0 fully saturated rings. The Labute approximate surface area is 118 Å². The van der Waals surface area contributed by atoms with Gasteiger partial charge in [0, 0.05) is 30.1 Å². The van der Waals surface area contributed by atoms with Crippen LogP contribution in [0.15, 0.2) is 11.4 Å². The van der Waals surface area contributed by atoms with Gasteiger partial charge in [-0.1, -0.05) is 20.8 Å². The normalized spacial score (nSPS) is 13.8. The summed E-state index contributed by atoms with van der Waals surface area (Å²) < 4.78 is 1.91. The second-order valence-electron chi connectivity index (χ2n) is 5.94.